The molecule has 1 N–H and O–H groups in total. The van der Waals surface area contributed by atoms with Gasteiger partial charge in [-0.05, 0) is 57.4 Å². The Hall–Kier alpha value is -3.08. The van der Waals surface area contributed by atoms with Crippen molar-refractivity contribution in [2.75, 3.05) is 13.2 Å². The Morgan fingerprint density at radius 1 is 1.17 bits per heavy atom. The zero-order valence-electron chi connectivity index (χ0n) is 18.2. The van der Waals surface area contributed by atoms with Crippen LogP contribution in [0.4, 0.5) is 0 Å². The van der Waals surface area contributed by atoms with Gasteiger partial charge in [-0.25, -0.2) is 4.98 Å². The first-order chi connectivity index (χ1) is 14.5. The third-order valence-electron chi connectivity index (χ3n) is 5.12. The molecule has 3 aromatic rings. The molecule has 0 aliphatic carbocycles. The number of hydrogen-bond acceptors (Lipinski definition) is 3. The first-order valence-corrected chi connectivity index (χ1v) is 10.5. The highest BCUT2D eigenvalue weighted by atomic mass is 16.5. The van der Waals surface area contributed by atoms with Crippen LogP contribution in [-0.2, 0) is 17.8 Å². The first kappa shape index (κ1) is 21.6. The Kier molecular flexibility index (Phi) is 7.28. The number of amides is 1. The molecule has 0 fully saturated rings. The molecule has 1 aromatic heterocycles. The Balaban J connectivity index is 1.57. The van der Waals surface area contributed by atoms with Gasteiger partial charge in [0.25, 0.3) is 0 Å². The molecule has 0 bridgehead atoms. The highest BCUT2D eigenvalue weighted by molar-refractivity contribution is 5.92. The lowest BCUT2D eigenvalue weighted by atomic mass is 10.1. The maximum absolute atomic E-state index is 11.7. The van der Waals surface area contributed by atoms with E-state index >= 15 is 0 Å². The Labute approximate surface area is 178 Å². The van der Waals surface area contributed by atoms with Gasteiger partial charge in [0.1, 0.15) is 11.6 Å². The van der Waals surface area contributed by atoms with Crippen LogP contribution in [0.3, 0.4) is 0 Å². The number of carbonyl (C=O) groups excluding carboxylic acids is 1. The fourth-order valence-electron chi connectivity index (χ4n) is 3.52. The zero-order chi connectivity index (χ0) is 21.5. The number of nitrogens with one attached hydrogen (secondary N) is 1. The summed E-state index contributed by atoms with van der Waals surface area (Å²) in [6, 6.07) is 14.5. The van der Waals surface area contributed by atoms with Crippen LogP contribution >= 0.6 is 0 Å². The number of aromatic nitrogens is 2. The topological polar surface area (TPSA) is 56.2 Å². The number of unbranched alkanes of at least 4 members (excludes halogenated alkanes) is 1. The van der Waals surface area contributed by atoms with E-state index in [1.807, 2.05) is 24.3 Å². The Morgan fingerprint density at radius 2 is 1.97 bits per heavy atom. The average molecular weight is 406 g/mol. The van der Waals surface area contributed by atoms with Crippen LogP contribution in [-0.4, -0.2) is 28.6 Å². The van der Waals surface area contributed by atoms with E-state index in [4.69, 9.17) is 9.72 Å². The van der Waals surface area contributed by atoms with Crippen molar-refractivity contribution >= 4 is 16.9 Å². The molecule has 2 aromatic carbocycles. The molecule has 0 spiro atoms. The molecule has 1 amide bonds. The summed E-state index contributed by atoms with van der Waals surface area (Å²) >= 11 is 0. The summed E-state index contributed by atoms with van der Waals surface area (Å²) < 4.78 is 8.23. The number of fused-ring (bicyclic) bond motifs is 1. The highest BCUT2D eigenvalue weighted by Gasteiger charge is 2.11. The van der Waals surface area contributed by atoms with E-state index in [1.54, 1.807) is 6.92 Å². The zero-order valence-corrected chi connectivity index (χ0v) is 18.2. The maximum Gasteiger partial charge on any atom is 0.246 e. The van der Waals surface area contributed by atoms with Gasteiger partial charge >= 0.3 is 0 Å². The number of carbonyl (C=O) groups is 1. The number of aryl methyl sites for hydroxylation is 3. The van der Waals surface area contributed by atoms with Gasteiger partial charge in [0.05, 0.1) is 17.6 Å². The van der Waals surface area contributed by atoms with Gasteiger partial charge in [-0.2, -0.15) is 0 Å². The van der Waals surface area contributed by atoms with Gasteiger partial charge in [0.15, 0.2) is 0 Å². The fraction of sp³-hybridized carbons (Fsp3) is 0.360. The number of benzene rings is 2. The monoisotopic (exact) mass is 405 g/mol. The first-order valence-electron chi connectivity index (χ1n) is 10.5. The largest absolute Gasteiger partial charge is 0.493 e. The quantitative estimate of drug-likeness (QED) is 0.391. The van der Waals surface area contributed by atoms with E-state index < -0.39 is 0 Å². The molecule has 0 saturated heterocycles. The summed E-state index contributed by atoms with van der Waals surface area (Å²) in [6.45, 7) is 11.7. The summed E-state index contributed by atoms with van der Waals surface area (Å²) in [5, 5.41) is 2.89. The molecule has 0 saturated carbocycles. The Morgan fingerprint density at radius 3 is 2.73 bits per heavy atom. The molecule has 30 heavy (non-hydrogen) atoms. The third kappa shape index (κ3) is 5.50. The highest BCUT2D eigenvalue weighted by Crippen LogP contribution is 2.20. The number of para-hydroxylation sites is 2. The van der Waals surface area contributed by atoms with Crippen LogP contribution in [0.15, 0.2) is 54.6 Å². The predicted molar refractivity (Wildman–Crippen MR) is 122 cm³/mol. The number of imidazole rings is 1. The molecule has 158 valence electrons. The molecule has 5 heteroatoms. The number of ether oxygens (including phenoxy) is 1. The third-order valence-corrected chi connectivity index (χ3v) is 5.12. The van der Waals surface area contributed by atoms with E-state index in [0.717, 1.165) is 42.0 Å². The van der Waals surface area contributed by atoms with Gasteiger partial charge in [0.2, 0.25) is 5.91 Å². The van der Waals surface area contributed by atoms with Crippen molar-refractivity contribution in [3.8, 4) is 5.75 Å². The van der Waals surface area contributed by atoms with Gasteiger partial charge in [-0.15, -0.1) is 0 Å². The minimum absolute atomic E-state index is 0.110. The molecular formula is C25H31N3O2. The molecule has 0 radical (unpaired) electrons. The molecule has 0 unspecified atom stereocenters. The van der Waals surface area contributed by atoms with Gasteiger partial charge in [-0.3, -0.25) is 4.79 Å². The van der Waals surface area contributed by atoms with Crippen LogP contribution in [0, 0.1) is 13.8 Å². The van der Waals surface area contributed by atoms with Gasteiger partial charge in [-0.1, -0.05) is 36.4 Å². The van der Waals surface area contributed by atoms with Gasteiger partial charge in [0, 0.05) is 25.1 Å². The predicted octanol–water partition coefficient (Wildman–Crippen LogP) is 4.75. The standard InChI is InChI=1S/C25H31N3O2/c1-18(2)25(29)26-14-13-24-27-21-9-5-6-10-22(21)28(24)15-7-8-16-30-23-12-11-19(3)17-20(23)4/h5-6,9-12,17H,1,7-8,13-16H2,2-4H3,(H,26,29). The number of rotatable bonds is 10. The molecule has 0 aliphatic heterocycles. The molecule has 0 aliphatic rings. The molecule has 0 atom stereocenters. The lowest BCUT2D eigenvalue weighted by Gasteiger charge is -2.12. The molecule has 5 nitrogen and oxygen atoms in total. The second-order valence-corrected chi connectivity index (χ2v) is 7.78. The minimum atomic E-state index is -0.110. The molecule has 1 heterocycles. The van der Waals surface area contributed by atoms with Crippen LogP contribution in [0.2, 0.25) is 0 Å². The summed E-state index contributed by atoms with van der Waals surface area (Å²) in [5.41, 5.74) is 5.07. The smallest absolute Gasteiger partial charge is 0.246 e. The van der Waals surface area contributed by atoms with Crippen molar-refractivity contribution in [3.63, 3.8) is 0 Å². The minimum Gasteiger partial charge on any atom is -0.493 e. The maximum atomic E-state index is 11.7. The van der Waals surface area contributed by atoms with E-state index in [1.165, 1.54) is 11.1 Å². The van der Waals surface area contributed by atoms with Crippen molar-refractivity contribution in [1.29, 1.82) is 0 Å². The number of nitrogens with zero attached hydrogens (tertiary/aromatic N) is 2. The molecular weight excluding hydrogens is 374 g/mol. The normalized spacial score (nSPS) is 10.9. The van der Waals surface area contributed by atoms with Crippen molar-refractivity contribution in [3.05, 3.63) is 71.6 Å². The summed E-state index contributed by atoms with van der Waals surface area (Å²) in [5.74, 6) is 1.84. The van der Waals surface area contributed by atoms with E-state index in [0.29, 0.717) is 25.1 Å². The lowest BCUT2D eigenvalue weighted by Crippen LogP contribution is -2.26. The second kappa shape index (κ2) is 10.1. The molecule has 3 rings (SSSR count). The fourth-order valence-corrected chi connectivity index (χ4v) is 3.52. The van der Waals surface area contributed by atoms with Crippen molar-refractivity contribution in [2.45, 2.75) is 46.6 Å². The summed E-state index contributed by atoms with van der Waals surface area (Å²) in [7, 11) is 0. The second-order valence-electron chi connectivity index (χ2n) is 7.78. The summed E-state index contributed by atoms with van der Waals surface area (Å²) in [6.07, 6.45) is 2.65. The van der Waals surface area contributed by atoms with Crippen LogP contribution in [0.1, 0.15) is 36.7 Å². The van der Waals surface area contributed by atoms with E-state index in [2.05, 4.69) is 48.5 Å². The Bertz CT molecular complexity index is 1040. The number of hydrogen-bond donors (Lipinski definition) is 1. The average Bonchev–Trinajstić information content (AvgIpc) is 3.06. The van der Waals surface area contributed by atoms with E-state index in [9.17, 15) is 4.79 Å². The summed E-state index contributed by atoms with van der Waals surface area (Å²) in [4.78, 5) is 16.5. The van der Waals surface area contributed by atoms with Crippen molar-refractivity contribution in [2.24, 2.45) is 0 Å². The van der Waals surface area contributed by atoms with Crippen LogP contribution < -0.4 is 10.1 Å². The van der Waals surface area contributed by atoms with Gasteiger partial charge < -0.3 is 14.6 Å². The van der Waals surface area contributed by atoms with Crippen LogP contribution in [0.5, 0.6) is 5.75 Å². The van der Waals surface area contributed by atoms with E-state index in [-0.39, 0.29) is 5.91 Å². The van der Waals surface area contributed by atoms with Crippen molar-refractivity contribution < 1.29 is 9.53 Å². The SMILES string of the molecule is C=C(C)C(=O)NCCc1nc2ccccc2n1CCCCOc1ccc(C)cc1C. The van der Waals surface area contributed by atoms with Crippen LogP contribution in [0.25, 0.3) is 11.0 Å². The lowest BCUT2D eigenvalue weighted by molar-refractivity contribution is -0.117. The van der Waals surface area contributed by atoms with Crippen molar-refractivity contribution in [1.82, 2.24) is 14.9 Å².